The SMILES string of the molecule is CC(=O)Nc1ccc(-c2ccc(NC(O)Cn3cc(-c4ccnc(C(F)(F)F)c4)c(C)n3)nc2)cn1. The highest BCUT2D eigenvalue weighted by atomic mass is 19.4. The predicted octanol–water partition coefficient (Wildman–Crippen LogP) is 4.12. The standard InChI is InChI=1S/C24H22F3N7O2/c1-14-19(16-7-8-28-20(9-16)24(25,26)27)12-34(33-14)13-23(36)32-22-6-4-18(11-30-22)17-3-5-21(29-10-17)31-15(2)35/h3-12,23,36H,13H2,1-2H3,(H,30,32)(H,29,31,35). The molecular formula is C24H22F3N7O2. The van der Waals surface area contributed by atoms with Gasteiger partial charge < -0.3 is 15.7 Å². The minimum Gasteiger partial charge on any atom is -0.372 e. The first-order valence-electron chi connectivity index (χ1n) is 10.8. The van der Waals surface area contributed by atoms with Crippen molar-refractivity contribution in [2.24, 2.45) is 0 Å². The minimum atomic E-state index is -4.55. The summed E-state index contributed by atoms with van der Waals surface area (Å²) in [7, 11) is 0. The Morgan fingerprint density at radius 2 is 1.69 bits per heavy atom. The van der Waals surface area contributed by atoms with E-state index >= 15 is 0 Å². The van der Waals surface area contributed by atoms with Gasteiger partial charge in [-0.25, -0.2) is 9.97 Å². The number of rotatable bonds is 7. The van der Waals surface area contributed by atoms with Crippen LogP contribution in [0.2, 0.25) is 0 Å². The topological polar surface area (TPSA) is 118 Å². The molecule has 1 unspecified atom stereocenters. The first-order valence-corrected chi connectivity index (χ1v) is 10.8. The lowest BCUT2D eigenvalue weighted by Gasteiger charge is -2.14. The highest BCUT2D eigenvalue weighted by Gasteiger charge is 2.32. The number of aliphatic hydroxyl groups is 1. The summed E-state index contributed by atoms with van der Waals surface area (Å²) in [6.07, 6.45) is 0.301. The van der Waals surface area contributed by atoms with Gasteiger partial charge in [0.05, 0.1) is 12.2 Å². The molecule has 4 heterocycles. The van der Waals surface area contributed by atoms with Crippen LogP contribution in [0.25, 0.3) is 22.3 Å². The van der Waals surface area contributed by atoms with Crippen LogP contribution in [-0.2, 0) is 17.5 Å². The second kappa shape index (κ2) is 10.1. The highest BCUT2D eigenvalue weighted by molar-refractivity contribution is 5.87. The Morgan fingerprint density at radius 1 is 1.03 bits per heavy atom. The molecule has 36 heavy (non-hydrogen) atoms. The molecule has 1 atom stereocenters. The van der Waals surface area contributed by atoms with E-state index < -0.39 is 18.1 Å². The number of aliphatic hydroxyl groups excluding tert-OH is 1. The predicted molar refractivity (Wildman–Crippen MR) is 127 cm³/mol. The molecule has 0 aliphatic carbocycles. The lowest BCUT2D eigenvalue weighted by atomic mass is 10.1. The Bertz CT molecular complexity index is 1350. The summed E-state index contributed by atoms with van der Waals surface area (Å²) in [6, 6.07) is 9.42. The molecule has 0 aliphatic rings. The van der Waals surface area contributed by atoms with E-state index in [-0.39, 0.29) is 12.5 Å². The van der Waals surface area contributed by atoms with Gasteiger partial charge in [0.2, 0.25) is 5.91 Å². The lowest BCUT2D eigenvalue weighted by Crippen LogP contribution is -2.25. The van der Waals surface area contributed by atoms with Crippen molar-refractivity contribution in [3.63, 3.8) is 0 Å². The Balaban J connectivity index is 1.40. The van der Waals surface area contributed by atoms with Crippen molar-refractivity contribution in [2.45, 2.75) is 32.8 Å². The van der Waals surface area contributed by atoms with Crippen molar-refractivity contribution in [3.05, 3.63) is 72.6 Å². The molecule has 3 N–H and O–H groups in total. The van der Waals surface area contributed by atoms with Crippen LogP contribution in [-0.4, -0.2) is 42.0 Å². The van der Waals surface area contributed by atoms with Crippen LogP contribution in [0.4, 0.5) is 24.8 Å². The van der Waals surface area contributed by atoms with E-state index in [4.69, 9.17) is 0 Å². The fourth-order valence-electron chi connectivity index (χ4n) is 3.51. The Labute approximate surface area is 204 Å². The zero-order valence-electron chi connectivity index (χ0n) is 19.3. The third-order valence-electron chi connectivity index (χ3n) is 5.15. The molecule has 1 amide bonds. The number of alkyl halides is 3. The molecule has 0 spiro atoms. The van der Waals surface area contributed by atoms with Gasteiger partial charge in [-0.3, -0.25) is 14.5 Å². The number of amides is 1. The number of hydrogen-bond acceptors (Lipinski definition) is 7. The normalized spacial score (nSPS) is 12.3. The van der Waals surface area contributed by atoms with E-state index in [0.717, 1.165) is 23.4 Å². The number of halogens is 3. The van der Waals surface area contributed by atoms with Gasteiger partial charge in [0.15, 0.2) is 0 Å². The van der Waals surface area contributed by atoms with Gasteiger partial charge in [-0.1, -0.05) is 0 Å². The number of anilines is 2. The van der Waals surface area contributed by atoms with Crippen LogP contribution in [0.3, 0.4) is 0 Å². The van der Waals surface area contributed by atoms with Gasteiger partial charge in [0, 0.05) is 48.4 Å². The second-order valence-electron chi connectivity index (χ2n) is 7.98. The summed E-state index contributed by atoms with van der Waals surface area (Å²) < 4.78 is 40.4. The van der Waals surface area contributed by atoms with Crippen LogP contribution < -0.4 is 10.6 Å². The molecular weight excluding hydrogens is 475 g/mol. The Morgan fingerprint density at radius 3 is 2.28 bits per heavy atom. The monoisotopic (exact) mass is 497 g/mol. The highest BCUT2D eigenvalue weighted by Crippen LogP contribution is 2.31. The minimum absolute atomic E-state index is 0.0377. The summed E-state index contributed by atoms with van der Waals surface area (Å²) in [5.41, 5.74) is 1.97. The van der Waals surface area contributed by atoms with Gasteiger partial charge in [0.1, 0.15) is 23.6 Å². The van der Waals surface area contributed by atoms with E-state index in [1.807, 2.05) is 0 Å². The number of aromatic nitrogens is 5. The average Bonchev–Trinajstić information content (AvgIpc) is 3.19. The van der Waals surface area contributed by atoms with Crippen LogP contribution in [0.15, 0.2) is 61.2 Å². The zero-order chi connectivity index (χ0) is 25.9. The molecule has 0 saturated carbocycles. The largest absolute Gasteiger partial charge is 0.433 e. The van der Waals surface area contributed by atoms with Gasteiger partial charge in [0.25, 0.3) is 0 Å². The molecule has 0 radical (unpaired) electrons. The maximum atomic E-state index is 13.0. The number of carbonyl (C=O) groups excluding carboxylic acids is 1. The number of aryl methyl sites for hydroxylation is 1. The molecule has 186 valence electrons. The third kappa shape index (κ3) is 6.02. The van der Waals surface area contributed by atoms with Crippen LogP contribution in [0, 0.1) is 6.92 Å². The van der Waals surface area contributed by atoms with Crippen LogP contribution in [0.1, 0.15) is 18.3 Å². The Kier molecular flexibility index (Phi) is 6.97. The molecule has 0 aromatic carbocycles. The van der Waals surface area contributed by atoms with E-state index in [9.17, 15) is 23.1 Å². The zero-order valence-corrected chi connectivity index (χ0v) is 19.3. The van der Waals surface area contributed by atoms with Crippen molar-refractivity contribution in [3.8, 4) is 22.3 Å². The van der Waals surface area contributed by atoms with E-state index in [2.05, 4.69) is 30.7 Å². The summed E-state index contributed by atoms with van der Waals surface area (Å²) in [4.78, 5) is 23.0. The fraction of sp³-hybridized carbons (Fsp3) is 0.208. The molecule has 4 aromatic rings. The van der Waals surface area contributed by atoms with Crippen molar-refractivity contribution in [1.82, 2.24) is 24.7 Å². The molecule has 4 aromatic heterocycles. The van der Waals surface area contributed by atoms with E-state index in [1.54, 1.807) is 49.8 Å². The number of nitrogens with zero attached hydrogens (tertiary/aromatic N) is 5. The number of nitrogens with one attached hydrogen (secondary N) is 2. The van der Waals surface area contributed by atoms with Crippen molar-refractivity contribution in [1.29, 1.82) is 0 Å². The number of pyridine rings is 3. The first-order chi connectivity index (χ1) is 17.1. The third-order valence-corrected chi connectivity index (χ3v) is 5.15. The van der Waals surface area contributed by atoms with E-state index in [0.29, 0.717) is 28.5 Å². The molecule has 12 heteroatoms. The molecule has 0 fully saturated rings. The maximum Gasteiger partial charge on any atom is 0.433 e. The molecule has 0 saturated heterocycles. The van der Waals surface area contributed by atoms with Gasteiger partial charge in [-0.15, -0.1) is 0 Å². The van der Waals surface area contributed by atoms with Crippen LogP contribution >= 0.6 is 0 Å². The van der Waals surface area contributed by atoms with Gasteiger partial charge >= 0.3 is 6.18 Å². The smallest absolute Gasteiger partial charge is 0.372 e. The quantitative estimate of drug-likeness (QED) is 0.329. The first kappa shape index (κ1) is 24.8. The van der Waals surface area contributed by atoms with Crippen LogP contribution in [0.5, 0.6) is 0 Å². The Hall–Kier alpha value is -4.32. The maximum absolute atomic E-state index is 13.0. The summed E-state index contributed by atoms with van der Waals surface area (Å²) in [5, 5.41) is 20.2. The summed E-state index contributed by atoms with van der Waals surface area (Å²) in [5.74, 6) is 0.657. The molecule has 4 rings (SSSR count). The molecule has 0 aliphatic heterocycles. The second-order valence-corrected chi connectivity index (χ2v) is 7.98. The number of carbonyl (C=O) groups is 1. The lowest BCUT2D eigenvalue weighted by molar-refractivity contribution is -0.141. The summed E-state index contributed by atoms with van der Waals surface area (Å²) in [6.45, 7) is 3.12. The van der Waals surface area contributed by atoms with Crippen molar-refractivity contribution in [2.75, 3.05) is 10.6 Å². The van der Waals surface area contributed by atoms with Gasteiger partial charge in [-0.2, -0.15) is 18.3 Å². The van der Waals surface area contributed by atoms with Crippen molar-refractivity contribution >= 4 is 17.5 Å². The average molecular weight is 497 g/mol. The van der Waals surface area contributed by atoms with Gasteiger partial charge in [-0.05, 0) is 48.9 Å². The summed E-state index contributed by atoms with van der Waals surface area (Å²) >= 11 is 0. The van der Waals surface area contributed by atoms with Crippen molar-refractivity contribution < 1.29 is 23.1 Å². The fourth-order valence-corrected chi connectivity index (χ4v) is 3.51. The van der Waals surface area contributed by atoms with E-state index in [1.165, 1.54) is 17.7 Å². The molecule has 9 nitrogen and oxygen atoms in total. The number of hydrogen-bond donors (Lipinski definition) is 3. The molecule has 0 bridgehead atoms.